The molecule has 3 heteroatoms. The van der Waals surface area contributed by atoms with E-state index in [-0.39, 0.29) is 0 Å². The van der Waals surface area contributed by atoms with Gasteiger partial charge in [0.1, 0.15) is 0 Å². The van der Waals surface area contributed by atoms with Crippen LogP contribution in [0.2, 0.25) is 0 Å². The van der Waals surface area contributed by atoms with E-state index in [0.717, 1.165) is 16.8 Å². The fourth-order valence-corrected chi connectivity index (χ4v) is 1.84. The fourth-order valence-electron chi connectivity index (χ4n) is 1.84. The second kappa shape index (κ2) is 4.97. The van der Waals surface area contributed by atoms with Crippen molar-refractivity contribution < 1.29 is 0 Å². The monoisotopic (exact) mass is 227 g/mol. The summed E-state index contributed by atoms with van der Waals surface area (Å²) in [5.74, 6) is 0. The van der Waals surface area contributed by atoms with Crippen molar-refractivity contribution >= 4 is 11.4 Å². The van der Waals surface area contributed by atoms with Gasteiger partial charge >= 0.3 is 0 Å². The van der Waals surface area contributed by atoms with E-state index in [2.05, 4.69) is 48.1 Å². The van der Waals surface area contributed by atoms with Gasteiger partial charge in [-0.25, -0.2) is 0 Å². The third-order valence-corrected chi connectivity index (χ3v) is 2.91. The summed E-state index contributed by atoms with van der Waals surface area (Å²) in [7, 11) is 2.06. The maximum Gasteiger partial charge on any atom is 0.0468 e. The van der Waals surface area contributed by atoms with Crippen LogP contribution in [-0.4, -0.2) is 12.0 Å². The Hall–Kier alpha value is -1.87. The first kappa shape index (κ1) is 11.6. The number of hydrogen-bond donors (Lipinski definition) is 1. The van der Waals surface area contributed by atoms with Crippen LogP contribution in [-0.2, 0) is 6.54 Å². The summed E-state index contributed by atoms with van der Waals surface area (Å²) in [6.07, 6.45) is 3.69. The molecule has 0 fully saturated rings. The van der Waals surface area contributed by atoms with Gasteiger partial charge in [-0.05, 0) is 36.2 Å². The van der Waals surface area contributed by atoms with Crippen LogP contribution in [0.3, 0.4) is 0 Å². The van der Waals surface area contributed by atoms with Crippen LogP contribution in [0.25, 0.3) is 0 Å². The summed E-state index contributed by atoms with van der Waals surface area (Å²) in [5, 5.41) is 0. The Kier molecular flexibility index (Phi) is 3.40. The molecule has 0 atom stereocenters. The van der Waals surface area contributed by atoms with E-state index in [1.54, 1.807) is 0 Å². The van der Waals surface area contributed by atoms with Crippen molar-refractivity contribution in [3.05, 3.63) is 53.9 Å². The van der Waals surface area contributed by atoms with Gasteiger partial charge in [0.05, 0.1) is 0 Å². The Morgan fingerprint density at radius 1 is 1.18 bits per heavy atom. The van der Waals surface area contributed by atoms with Crippen molar-refractivity contribution in [2.45, 2.75) is 13.5 Å². The van der Waals surface area contributed by atoms with Crippen molar-refractivity contribution in [2.75, 3.05) is 11.9 Å². The molecule has 17 heavy (non-hydrogen) atoms. The number of aromatic nitrogens is 1. The lowest BCUT2D eigenvalue weighted by atomic mass is 10.1. The van der Waals surface area contributed by atoms with Crippen LogP contribution in [0.15, 0.2) is 42.7 Å². The second-order valence-corrected chi connectivity index (χ2v) is 4.09. The Bertz CT molecular complexity index is 491. The number of benzene rings is 1. The van der Waals surface area contributed by atoms with E-state index in [4.69, 9.17) is 5.73 Å². The van der Waals surface area contributed by atoms with Gasteiger partial charge in [-0.1, -0.05) is 12.1 Å². The van der Waals surface area contributed by atoms with Gasteiger partial charge in [0, 0.05) is 37.4 Å². The molecule has 3 nitrogen and oxygen atoms in total. The van der Waals surface area contributed by atoms with E-state index in [0.29, 0.717) is 6.54 Å². The molecule has 0 aliphatic rings. The molecule has 1 aromatic carbocycles. The third-order valence-electron chi connectivity index (χ3n) is 2.91. The number of pyridine rings is 1. The number of nitrogens with two attached hydrogens (primary N) is 1. The van der Waals surface area contributed by atoms with Crippen molar-refractivity contribution in [3.8, 4) is 0 Å². The zero-order chi connectivity index (χ0) is 12.3. The molecule has 88 valence electrons. The minimum absolute atomic E-state index is 0.582. The maximum absolute atomic E-state index is 5.59. The lowest BCUT2D eigenvalue weighted by Gasteiger charge is -2.21. The Morgan fingerprint density at radius 2 is 1.88 bits per heavy atom. The molecule has 2 aromatic rings. The van der Waals surface area contributed by atoms with E-state index in [9.17, 15) is 0 Å². The topological polar surface area (TPSA) is 42.2 Å². The number of aryl methyl sites for hydroxylation is 1. The Labute approximate surface area is 102 Å². The Morgan fingerprint density at radius 3 is 2.47 bits per heavy atom. The summed E-state index contributed by atoms with van der Waals surface area (Å²) < 4.78 is 0. The smallest absolute Gasteiger partial charge is 0.0468 e. The molecule has 2 rings (SSSR count). The van der Waals surface area contributed by atoms with E-state index >= 15 is 0 Å². The fraction of sp³-hybridized carbons (Fsp3) is 0.214. The molecule has 0 amide bonds. The highest BCUT2D eigenvalue weighted by atomic mass is 15.1. The van der Waals surface area contributed by atoms with Gasteiger partial charge in [0.2, 0.25) is 0 Å². The lowest BCUT2D eigenvalue weighted by Crippen LogP contribution is -2.11. The van der Waals surface area contributed by atoms with Gasteiger partial charge < -0.3 is 10.6 Å². The van der Waals surface area contributed by atoms with Gasteiger partial charge in [-0.2, -0.15) is 0 Å². The minimum Gasteiger partial charge on any atom is -0.344 e. The molecule has 0 radical (unpaired) electrons. The van der Waals surface area contributed by atoms with Crippen LogP contribution in [0.5, 0.6) is 0 Å². The molecule has 1 aromatic heterocycles. The third kappa shape index (κ3) is 2.45. The highest BCUT2D eigenvalue weighted by molar-refractivity contribution is 5.64. The normalized spacial score (nSPS) is 10.3. The summed E-state index contributed by atoms with van der Waals surface area (Å²) in [4.78, 5) is 6.26. The molecule has 0 spiro atoms. The summed E-state index contributed by atoms with van der Waals surface area (Å²) in [6.45, 7) is 2.64. The van der Waals surface area contributed by atoms with E-state index < -0.39 is 0 Å². The molecule has 0 aliphatic heterocycles. The van der Waals surface area contributed by atoms with E-state index in [1.165, 1.54) is 5.69 Å². The van der Waals surface area contributed by atoms with Crippen LogP contribution < -0.4 is 10.6 Å². The molecule has 0 unspecified atom stereocenters. The van der Waals surface area contributed by atoms with Gasteiger partial charge in [-0.3, -0.25) is 4.98 Å². The van der Waals surface area contributed by atoms with Gasteiger partial charge in [0.15, 0.2) is 0 Å². The standard InChI is InChI=1S/C14H17N3/c1-11-10-16-8-7-14(11)17(2)13-5-3-12(9-15)4-6-13/h3-8,10H,9,15H2,1-2H3. The molecular formula is C14H17N3. The molecule has 0 aliphatic carbocycles. The van der Waals surface area contributed by atoms with Crippen LogP contribution in [0.1, 0.15) is 11.1 Å². The van der Waals surface area contributed by atoms with Crippen molar-refractivity contribution in [1.29, 1.82) is 0 Å². The SMILES string of the molecule is Cc1cnccc1N(C)c1ccc(CN)cc1. The van der Waals surface area contributed by atoms with Crippen molar-refractivity contribution in [2.24, 2.45) is 5.73 Å². The van der Waals surface area contributed by atoms with Crippen LogP contribution in [0, 0.1) is 6.92 Å². The molecule has 0 saturated heterocycles. The zero-order valence-electron chi connectivity index (χ0n) is 10.2. The van der Waals surface area contributed by atoms with Crippen LogP contribution >= 0.6 is 0 Å². The van der Waals surface area contributed by atoms with Gasteiger partial charge in [-0.15, -0.1) is 0 Å². The number of hydrogen-bond acceptors (Lipinski definition) is 3. The lowest BCUT2D eigenvalue weighted by molar-refractivity contribution is 1.07. The first-order chi connectivity index (χ1) is 8.22. The minimum atomic E-state index is 0.582. The highest BCUT2D eigenvalue weighted by Crippen LogP contribution is 2.25. The largest absolute Gasteiger partial charge is 0.344 e. The average molecular weight is 227 g/mol. The molecule has 0 saturated carbocycles. The summed E-state index contributed by atoms with van der Waals surface area (Å²) in [5.41, 5.74) is 10.2. The van der Waals surface area contributed by atoms with Crippen LogP contribution in [0.4, 0.5) is 11.4 Å². The highest BCUT2D eigenvalue weighted by Gasteiger charge is 2.06. The molecular weight excluding hydrogens is 210 g/mol. The quantitative estimate of drug-likeness (QED) is 0.876. The van der Waals surface area contributed by atoms with Crippen molar-refractivity contribution in [3.63, 3.8) is 0 Å². The van der Waals surface area contributed by atoms with Crippen molar-refractivity contribution in [1.82, 2.24) is 4.98 Å². The molecule has 0 bridgehead atoms. The molecule has 2 N–H and O–H groups in total. The summed E-state index contributed by atoms with van der Waals surface area (Å²) in [6, 6.07) is 10.3. The predicted molar refractivity (Wildman–Crippen MR) is 71.4 cm³/mol. The average Bonchev–Trinajstić information content (AvgIpc) is 2.39. The number of anilines is 2. The van der Waals surface area contributed by atoms with E-state index in [1.807, 2.05) is 18.5 Å². The zero-order valence-corrected chi connectivity index (χ0v) is 10.2. The summed E-state index contributed by atoms with van der Waals surface area (Å²) >= 11 is 0. The first-order valence-electron chi connectivity index (χ1n) is 5.65. The van der Waals surface area contributed by atoms with Gasteiger partial charge in [0.25, 0.3) is 0 Å². The first-order valence-corrected chi connectivity index (χ1v) is 5.65. The Balaban J connectivity index is 2.30. The second-order valence-electron chi connectivity index (χ2n) is 4.09. The molecule has 1 heterocycles. The number of rotatable bonds is 3. The number of nitrogens with zero attached hydrogens (tertiary/aromatic N) is 2. The predicted octanol–water partition coefficient (Wildman–Crippen LogP) is 2.62. The maximum atomic E-state index is 5.59.